The molecule has 0 fully saturated rings. The molecule has 0 aromatic heterocycles. The highest BCUT2D eigenvalue weighted by atomic mass is 16.5. The van der Waals surface area contributed by atoms with E-state index in [1.807, 2.05) is 50.2 Å². The summed E-state index contributed by atoms with van der Waals surface area (Å²) in [4.78, 5) is 37.7. The maximum atomic E-state index is 13.0. The van der Waals surface area contributed by atoms with Crippen LogP contribution in [0.15, 0.2) is 60.7 Å². The molecule has 0 saturated carbocycles. The fourth-order valence-electron chi connectivity index (χ4n) is 2.99. The Labute approximate surface area is 171 Å². The van der Waals surface area contributed by atoms with Gasteiger partial charge in [0.1, 0.15) is 12.1 Å². The van der Waals surface area contributed by atoms with E-state index in [1.165, 1.54) is 7.11 Å². The minimum absolute atomic E-state index is 0.186. The second-order valence-electron chi connectivity index (χ2n) is 7.30. The van der Waals surface area contributed by atoms with Crippen LogP contribution in [0, 0.1) is 5.92 Å². The van der Waals surface area contributed by atoms with Crippen molar-refractivity contribution in [1.82, 2.24) is 10.6 Å². The number of nitrogens with one attached hydrogen (secondary N) is 2. The Hall–Kier alpha value is -3.15. The van der Waals surface area contributed by atoms with Crippen LogP contribution < -0.4 is 10.6 Å². The Balaban J connectivity index is 2.19. The second-order valence-corrected chi connectivity index (χ2v) is 7.30. The number of rotatable bonds is 9. The highest BCUT2D eigenvalue weighted by molar-refractivity contribution is 5.98. The van der Waals surface area contributed by atoms with Gasteiger partial charge in [0.2, 0.25) is 5.91 Å². The van der Waals surface area contributed by atoms with Crippen LogP contribution in [0.4, 0.5) is 0 Å². The van der Waals surface area contributed by atoms with Crippen molar-refractivity contribution in [3.05, 3.63) is 71.8 Å². The summed E-state index contributed by atoms with van der Waals surface area (Å²) in [7, 11) is 1.29. The number of hydrogen-bond acceptors (Lipinski definition) is 4. The molecular weight excluding hydrogens is 368 g/mol. The zero-order chi connectivity index (χ0) is 21.2. The Morgan fingerprint density at radius 1 is 0.862 bits per heavy atom. The molecule has 0 unspecified atom stereocenters. The van der Waals surface area contributed by atoms with Crippen LogP contribution >= 0.6 is 0 Å². The van der Waals surface area contributed by atoms with Gasteiger partial charge in [0.05, 0.1) is 7.11 Å². The predicted molar refractivity (Wildman–Crippen MR) is 111 cm³/mol. The van der Waals surface area contributed by atoms with Crippen LogP contribution in [0.2, 0.25) is 0 Å². The van der Waals surface area contributed by atoms with Crippen molar-refractivity contribution in [2.75, 3.05) is 7.11 Å². The third kappa shape index (κ3) is 7.07. The molecular formula is C23H28N2O4. The maximum Gasteiger partial charge on any atom is 0.328 e. The minimum Gasteiger partial charge on any atom is -0.467 e. The molecule has 2 rings (SSSR count). The maximum absolute atomic E-state index is 13.0. The van der Waals surface area contributed by atoms with E-state index in [4.69, 9.17) is 4.74 Å². The summed E-state index contributed by atoms with van der Waals surface area (Å²) in [6, 6.07) is 16.5. The topological polar surface area (TPSA) is 84.5 Å². The monoisotopic (exact) mass is 396 g/mol. The first kappa shape index (κ1) is 22.1. The van der Waals surface area contributed by atoms with Gasteiger partial charge in [-0.15, -0.1) is 0 Å². The van der Waals surface area contributed by atoms with Crippen molar-refractivity contribution in [2.45, 2.75) is 38.8 Å². The van der Waals surface area contributed by atoms with Gasteiger partial charge in [-0.2, -0.15) is 0 Å². The fraction of sp³-hybridized carbons (Fsp3) is 0.348. The molecule has 0 saturated heterocycles. The molecule has 0 bridgehead atoms. The van der Waals surface area contributed by atoms with Gasteiger partial charge >= 0.3 is 5.97 Å². The summed E-state index contributed by atoms with van der Waals surface area (Å²) in [5.41, 5.74) is 1.37. The van der Waals surface area contributed by atoms with Gasteiger partial charge in [-0.05, 0) is 30.0 Å². The molecule has 6 heteroatoms. The second kappa shape index (κ2) is 11.0. The first-order valence-corrected chi connectivity index (χ1v) is 9.68. The zero-order valence-electron chi connectivity index (χ0n) is 17.1. The lowest BCUT2D eigenvalue weighted by atomic mass is 10.0. The van der Waals surface area contributed by atoms with E-state index in [2.05, 4.69) is 10.6 Å². The molecule has 154 valence electrons. The molecule has 2 amide bonds. The normalized spacial score (nSPS) is 12.7. The summed E-state index contributed by atoms with van der Waals surface area (Å²) >= 11 is 0. The number of ether oxygens (including phenoxy) is 1. The summed E-state index contributed by atoms with van der Waals surface area (Å²) in [6.45, 7) is 3.92. The van der Waals surface area contributed by atoms with Gasteiger partial charge in [0.15, 0.2) is 0 Å². The number of methoxy groups -OCH3 is 1. The van der Waals surface area contributed by atoms with Gasteiger partial charge in [0, 0.05) is 12.0 Å². The lowest BCUT2D eigenvalue weighted by molar-refractivity contribution is -0.145. The Morgan fingerprint density at radius 2 is 1.45 bits per heavy atom. The first-order chi connectivity index (χ1) is 13.9. The zero-order valence-corrected chi connectivity index (χ0v) is 17.1. The predicted octanol–water partition coefficient (Wildman–Crippen LogP) is 2.73. The molecule has 2 aromatic carbocycles. The summed E-state index contributed by atoms with van der Waals surface area (Å²) < 4.78 is 4.82. The molecule has 6 nitrogen and oxygen atoms in total. The quantitative estimate of drug-likeness (QED) is 0.639. The molecule has 0 aliphatic heterocycles. The third-order valence-electron chi connectivity index (χ3n) is 4.45. The molecule has 0 aliphatic rings. The van der Waals surface area contributed by atoms with Crippen LogP contribution in [-0.4, -0.2) is 37.0 Å². The molecule has 0 aliphatic carbocycles. The van der Waals surface area contributed by atoms with Crippen LogP contribution in [0.1, 0.15) is 36.2 Å². The lowest BCUT2D eigenvalue weighted by Crippen LogP contribution is -2.53. The van der Waals surface area contributed by atoms with Crippen LogP contribution in [0.3, 0.4) is 0 Å². The highest BCUT2D eigenvalue weighted by Crippen LogP contribution is 2.09. The Bertz CT molecular complexity index is 806. The fourth-order valence-corrected chi connectivity index (χ4v) is 2.99. The molecule has 2 aromatic rings. The van der Waals surface area contributed by atoms with Gasteiger partial charge in [-0.3, -0.25) is 9.59 Å². The Morgan fingerprint density at radius 3 is 2.00 bits per heavy atom. The number of esters is 1. The number of carbonyl (C=O) groups is 3. The number of benzene rings is 2. The number of hydrogen-bond donors (Lipinski definition) is 2. The smallest absolute Gasteiger partial charge is 0.328 e. The lowest BCUT2D eigenvalue weighted by Gasteiger charge is -2.23. The van der Waals surface area contributed by atoms with Gasteiger partial charge in [0.25, 0.3) is 5.91 Å². The van der Waals surface area contributed by atoms with Crippen molar-refractivity contribution in [3.63, 3.8) is 0 Å². The van der Waals surface area contributed by atoms with Crippen LogP contribution in [0.25, 0.3) is 0 Å². The largest absolute Gasteiger partial charge is 0.467 e. The van der Waals surface area contributed by atoms with E-state index in [0.717, 1.165) is 5.56 Å². The summed E-state index contributed by atoms with van der Waals surface area (Å²) in [5.74, 6) is -1.08. The minimum atomic E-state index is -0.829. The van der Waals surface area contributed by atoms with Crippen molar-refractivity contribution in [3.8, 4) is 0 Å². The highest BCUT2D eigenvalue weighted by Gasteiger charge is 2.28. The van der Waals surface area contributed by atoms with Crippen molar-refractivity contribution in [1.29, 1.82) is 0 Å². The van der Waals surface area contributed by atoms with Gasteiger partial charge in [-0.1, -0.05) is 62.4 Å². The summed E-state index contributed by atoms with van der Waals surface area (Å²) in [6.07, 6.45) is 0.754. The van der Waals surface area contributed by atoms with E-state index >= 15 is 0 Å². The SMILES string of the molecule is COC(=O)[C@H](CC(C)C)NC(=O)[C@H](Cc1ccccc1)NC(=O)c1ccccc1. The molecule has 0 heterocycles. The number of carbonyl (C=O) groups excluding carboxylic acids is 3. The van der Waals surface area contributed by atoms with E-state index in [0.29, 0.717) is 18.4 Å². The van der Waals surface area contributed by atoms with Crippen LogP contribution in [-0.2, 0) is 20.7 Å². The molecule has 2 atom stereocenters. The summed E-state index contributed by atoms with van der Waals surface area (Å²) in [5, 5.41) is 5.54. The van der Waals surface area contributed by atoms with E-state index in [-0.39, 0.29) is 11.8 Å². The average molecular weight is 396 g/mol. The van der Waals surface area contributed by atoms with E-state index in [1.54, 1.807) is 24.3 Å². The Kier molecular flexibility index (Phi) is 8.40. The first-order valence-electron chi connectivity index (χ1n) is 9.68. The van der Waals surface area contributed by atoms with Gasteiger partial charge in [-0.25, -0.2) is 4.79 Å². The average Bonchev–Trinajstić information content (AvgIpc) is 2.73. The van der Waals surface area contributed by atoms with Crippen molar-refractivity contribution in [2.24, 2.45) is 5.92 Å². The molecule has 29 heavy (non-hydrogen) atoms. The van der Waals surface area contributed by atoms with Crippen molar-refractivity contribution < 1.29 is 19.1 Å². The standard InChI is InChI=1S/C23H28N2O4/c1-16(2)14-20(23(28)29-3)25-22(27)19(15-17-10-6-4-7-11-17)24-21(26)18-12-8-5-9-13-18/h4-13,16,19-20H,14-15H2,1-3H3,(H,24,26)(H,25,27)/t19-,20-/m0/s1. The third-order valence-corrected chi connectivity index (χ3v) is 4.45. The van der Waals surface area contributed by atoms with Gasteiger partial charge < -0.3 is 15.4 Å². The molecule has 0 spiro atoms. The molecule has 2 N–H and O–H groups in total. The van der Waals surface area contributed by atoms with E-state index in [9.17, 15) is 14.4 Å². The number of amides is 2. The van der Waals surface area contributed by atoms with Crippen molar-refractivity contribution >= 4 is 17.8 Å². The van der Waals surface area contributed by atoms with Crippen LogP contribution in [0.5, 0.6) is 0 Å². The van der Waals surface area contributed by atoms with E-state index < -0.39 is 24.0 Å². The molecule has 0 radical (unpaired) electrons.